The van der Waals surface area contributed by atoms with Crippen LogP contribution in [0.25, 0.3) is 0 Å². The minimum Gasteiger partial charge on any atom is -0.389 e. The number of β-amino-alcohol motifs (C(OH)–C–C–N with tert-alkyl or cyclic N) is 1. The molecule has 0 radical (unpaired) electrons. The molecule has 1 fully saturated rings. The van der Waals surface area contributed by atoms with E-state index in [-0.39, 0.29) is 6.10 Å². The van der Waals surface area contributed by atoms with Gasteiger partial charge in [0.05, 0.1) is 11.8 Å². The molecule has 1 N–H and O–H groups in total. The standard InChI is InChI=1S/C8H11N3O/c1-6-8(10-3-2-9-6)11-4-7(12)5-11/h2-3,7,12H,4-5H2,1H3. The fraction of sp³-hybridized carbons (Fsp3) is 0.500. The van der Waals surface area contributed by atoms with Gasteiger partial charge < -0.3 is 10.0 Å². The average molecular weight is 165 g/mol. The smallest absolute Gasteiger partial charge is 0.150 e. The van der Waals surface area contributed by atoms with E-state index in [1.165, 1.54) is 0 Å². The van der Waals surface area contributed by atoms with Gasteiger partial charge in [0.25, 0.3) is 0 Å². The second-order valence-electron chi connectivity index (χ2n) is 3.02. The summed E-state index contributed by atoms with van der Waals surface area (Å²) in [5.74, 6) is 0.891. The Labute approximate surface area is 70.9 Å². The largest absolute Gasteiger partial charge is 0.389 e. The molecule has 1 aromatic rings. The molecule has 0 amide bonds. The topological polar surface area (TPSA) is 49.2 Å². The Hall–Kier alpha value is -1.16. The number of aryl methyl sites for hydroxylation is 1. The van der Waals surface area contributed by atoms with Crippen molar-refractivity contribution in [2.45, 2.75) is 13.0 Å². The molecule has 0 unspecified atom stereocenters. The number of anilines is 1. The number of aliphatic hydroxyl groups is 1. The second-order valence-corrected chi connectivity index (χ2v) is 3.02. The Bertz CT molecular complexity index is 283. The molecule has 1 aromatic heterocycles. The summed E-state index contributed by atoms with van der Waals surface area (Å²) >= 11 is 0. The van der Waals surface area contributed by atoms with Crippen LogP contribution < -0.4 is 4.90 Å². The molecule has 64 valence electrons. The lowest BCUT2D eigenvalue weighted by Crippen LogP contribution is -2.51. The van der Waals surface area contributed by atoms with Crippen molar-refractivity contribution in [1.29, 1.82) is 0 Å². The van der Waals surface area contributed by atoms with Crippen molar-refractivity contribution in [3.05, 3.63) is 18.1 Å². The van der Waals surface area contributed by atoms with Gasteiger partial charge in [-0.15, -0.1) is 0 Å². The molecule has 12 heavy (non-hydrogen) atoms. The average Bonchev–Trinajstić information content (AvgIpc) is 2.01. The van der Waals surface area contributed by atoms with Crippen LogP contribution in [0.3, 0.4) is 0 Å². The first-order chi connectivity index (χ1) is 5.77. The van der Waals surface area contributed by atoms with Crippen molar-refractivity contribution < 1.29 is 5.11 Å². The van der Waals surface area contributed by atoms with Gasteiger partial charge in [0.15, 0.2) is 0 Å². The maximum absolute atomic E-state index is 9.08. The summed E-state index contributed by atoms with van der Waals surface area (Å²) in [6.45, 7) is 3.28. The van der Waals surface area contributed by atoms with Gasteiger partial charge in [0.1, 0.15) is 5.82 Å². The van der Waals surface area contributed by atoms with Crippen LogP contribution in [0.2, 0.25) is 0 Å². The van der Waals surface area contributed by atoms with Crippen molar-refractivity contribution in [2.24, 2.45) is 0 Å². The predicted octanol–water partition coefficient (Wildman–Crippen LogP) is -0.0341. The molecular formula is C8H11N3O. The number of aromatic nitrogens is 2. The molecule has 1 aliphatic rings. The Balaban J connectivity index is 2.18. The van der Waals surface area contributed by atoms with Crippen molar-refractivity contribution in [3.8, 4) is 0 Å². The van der Waals surface area contributed by atoms with Crippen molar-refractivity contribution in [1.82, 2.24) is 9.97 Å². The van der Waals surface area contributed by atoms with Gasteiger partial charge in [-0.1, -0.05) is 0 Å². The molecule has 2 rings (SSSR count). The van der Waals surface area contributed by atoms with E-state index in [0.717, 1.165) is 11.5 Å². The van der Waals surface area contributed by atoms with Crippen LogP contribution in [0, 0.1) is 6.92 Å². The number of nitrogens with zero attached hydrogens (tertiary/aromatic N) is 3. The lowest BCUT2D eigenvalue weighted by atomic mass is 10.1. The minimum absolute atomic E-state index is 0.189. The van der Waals surface area contributed by atoms with Gasteiger partial charge in [-0.05, 0) is 6.92 Å². The molecule has 0 aliphatic carbocycles. The molecule has 0 aromatic carbocycles. The summed E-state index contributed by atoms with van der Waals surface area (Å²) in [7, 11) is 0. The highest BCUT2D eigenvalue weighted by atomic mass is 16.3. The molecule has 4 nitrogen and oxygen atoms in total. The fourth-order valence-electron chi connectivity index (χ4n) is 1.34. The van der Waals surface area contributed by atoms with E-state index in [0.29, 0.717) is 13.1 Å². The van der Waals surface area contributed by atoms with E-state index in [1.807, 2.05) is 11.8 Å². The highest BCUT2D eigenvalue weighted by Gasteiger charge is 2.26. The quantitative estimate of drug-likeness (QED) is 0.634. The number of aliphatic hydroxyl groups excluding tert-OH is 1. The zero-order valence-electron chi connectivity index (χ0n) is 6.94. The maximum atomic E-state index is 9.08. The first-order valence-electron chi connectivity index (χ1n) is 3.98. The highest BCUT2D eigenvalue weighted by molar-refractivity contribution is 5.45. The Morgan fingerprint density at radius 2 is 2.08 bits per heavy atom. The molecule has 1 saturated heterocycles. The Morgan fingerprint density at radius 3 is 2.67 bits per heavy atom. The van der Waals surface area contributed by atoms with Gasteiger partial charge in [0.2, 0.25) is 0 Å². The van der Waals surface area contributed by atoms with E-state index < -0.39 is 0 Å². The molecule has 0 saturated carbocycles. The summed E-state index contributed by atoms with van der Waals surface area (Å²) in [6, 6.07) is 0. The predicted molar refractivity (Wildman–Crippen MR) is 45.0 cm³/mol. The van der Waals surface area contributed by atoms with E-state index in [1.54, 1.807) is 12.4 Å². The zero-order valence-corrected chi connectivity index (χ0v) is 6.94. The van der Waals surface area contributed by atoms with Gasteiger partial charge in [-0.25, -0.2) is 4.98 Å². The molecule has 0 atom stereocenters. The zero-order chi connectivity index (χ0) is 8.55. The number of rotatable bonds is 1. The van der Waals surface area contributed by atoms with E-state index in [2.05, 4.69) is 9.97 Å². The summed E-state index contributed by atoms with van der Waals surface area (Å²) < 4.78 is 0. The Morgan fingerprint density at radius 1 is 1.42 bits per heavy atom. The van der Waals surface area contributed by atoms with Crippen LogP contribution in [0.1, 0.15) is 5.69 Å². The van der Waals surface area contributed by atoms with Crippen molar-refractivity contribution >= 4 is 5.82 Å². The Kier molecular flexibility index (Phi) is 1.69. The van der Waals surface area contributed by atoms with E-state index in [4.69, 9.17) is 5.11 Å². The third kappa shape index (κ3) is 1.14. The maximum Gasteiger partial charge on any atom is 0.150 e. The monoisotopic (exact) mass is 165 g/mol. The van der Waals surface area contributed by atoms with Crippen LogP contribution in [-0.2, 0) is 0 Å². The first kappa shape index (κ1) is 7.49. The van der Waals surface area contributed by atoms with Crippen LogP contribution in [0.5, 0.6) is 0 Å². The van der Waals surface area contributed by atoms with Crippen molar-refractivity contribution in [3.63, 3.8) is 0 Å². The lowest BCUT2D eigenvalue weighted by molar-refractivity contribution is 0.141. The summed E-state index contributed by atoms with van der Waals surface area (Å²) in [6.07, 6.45) is 3.16. The fourth-order valence-corrected chi connectivity index (χ4v) is 1.34. The molecule has 0 bridgehead atoms. The second kappa shape index (κ2) is 2.71. The third-order valence-corrected chi connectivity index (χ3v) is 2.02. The summed E-state index contributed by atoms with van der Waals surface area (Å²) in [5.41, 5.74) is 0.921. The SMILES string of the molecule is Cc1nccnc1N1CC(O)C1. The normalized spacial score (nSPS) is 17.7. The number of hydrogen-bond donors (Lipinski definition) is 1. The van der Waals surface area contributed by atoms with Crippen LogP contribution >= 0.6 is 0 Å². The number of hydrogen-bond acceptors (Lipinski definition) is 4. The third-order valence-electron chi connectivity index (χ3n) is 2.02. The molecule has 0 spiro atoms. The molecular weight excluding hydrogens is 154 g/mol. The summed E-state index contributed by atoms with van der Waals surface area (Å²) in [4.78, 5) is 10.3. The lowest BCUT2D eigenvalue weighted by Gasteiger charge is -2.37. The van der Waals surface area contributed by atoms with Gasteiger partial charge in [-0.3, -0.25) is 4.98 Å². The molecule has 1 aliphatic heterocycles. The summed E-state index contributed by atoms with van der Waals surface area (Å²) in [5, 5.41) is 9.08. The van der Waals surface area contributed by atoms with Crippen LogP contribution in [0.4, 0.5) is 5.82 Å². The molecule has 4 heteroatoms. The van der Waals surface area contributed by atoms with E-state index in [9.17, 15) is 0 Å². The van der Waals surface area contributed by atoms with Gasteiger partial charge >= 0.3 is 0 Å². The van der Waals surface area contributed by atoms with Crippen LogP contribution in [-0.4, -0.2) is 34.3 Å². The first-order valence-corrected chi connectivity index (χ1v) is 3.98. The molecule has 2 heterocycles. The van der Waals surface area contributed by atoms with Crippen molar-refractivity contribution in [2.75, 3.05) is 18.0 Å². The van der Waals surface area contributed by atoms with Gasteiger partial charge in [0, 0.05) is 25.5 Å². The van der Waals surface area contributed by atoms with Crippen LogP contribution in [0.15, 0.2) is 12.4 Å². The van der Waals surface area contributed by atoms with E-state index >= 15 is 0 Å². The highest BCUT2D eigenvalue weighted by Crippen LogP contribution is 2.19. The minimum atomic E-state index is -0.189. The van der Waals surface area contributed by atoms with Gasteiger partial charge in [-0.2, -0.15) is 0 Å².